The molecule has 1 amide bonds. The van der Waals surface area contributed by atoms with E-state index < -0.39 is 23.7 Å². The number of halogens is 4. The molecule has 1 aliphatic heterocycles. The third-order valence-electron chi connectivity index (χ3n) is 4.72. The van der Waals surface area contributed by atoms with Gasteiger partial charge in [-0.15, -0.1) is 0 Å². The van der Waals surface area contributed by atoms with Crippen LogP contribution in [0.4, 0.5) is 13.2 Å². The summed E-state index contributed by atoms with van der Waals surface area (Å²) in [6.07, 6.45) is -3.58. The van der Waals surface area contributed by atoms with Crippen molar-refractivity contribution in [1.29, 1.82) is 0 Å². The van der Waals surface area contributed by atoms with Crippen molar-refractivity contribution in [1.82, 2.24) is 5.01 Å². The minimum atomic E-state index is -5.00. The first-order chi connectivity index (χ1) is 11.2. The van der Waals surface area contributed by atoms with Gasteiger partial charge in [0.15, 0.2) is 0 Å². The van der Waals surface area contributed by atoms with E-state index >= 15 is 0 Å². The van der Waals surface area contributed by atoms with Crippen molar-refractivity contribution in [3.05, 3.63) is 34.3 Å². The Morgan fingerprint density at radius 2 is 1.96 bits per heavy atom. The van der Waals surface area contributed by atoms with E-state index in [0.29, 0.717) is 17.3 Å². The van der Waals surface area contributed by atoms with Crippen molar-refractivity contribution in [3.8, 4) is 0 Å². The minimum absolute atomic E-state index is 0.0384. The predicted molar refractivity (Wildman–Crippen MR) is 85.3 cm³/mol. The van der Waals surface area contributed by atoms with Gasteiger partial charge >= 0.3 is 6.18 Å². The predicted octanol–water partition coefficient (Wildman–Crippen LogP) is 3.95. The van der Waals surface area contributed by atoms with E-state index in [9.17, 15) is 23.1 Å². The van der Waals surface area contributed by atoms with Gasteiger partial charge in [-0.3, -0.25) is 4.79 Å². The fourth-order valence-electron chi connectivity index (χ4n) is 3.42. The number of rotatable bonds is 1. The molecular weight excluding hydrogens is 389 g/mol. The Bertz CT molecular complexity index is 690. The fourth-order valence-corrected chi connectivity index (χ4v) is 3.68. The zero-order chi connectivity index (χ0) is 17.7. The topological polar surface area (TPSA) is 52.9 Å². The van der Waals surface area contributed by atoms with Gasteiger partial charge in [-0.25, -0.2) is 0 Å². The summed E-state index contributed by atoms with van der Waals surface area (Å²) in [6, 6.07) is 5.90. The molecule has 0 radical (unpaired) electrons. The van der Waals surface area contributed by atoms with Gasteiger partial charge in [0.25, 0.3) is 11.6 Å². The number of benzene rings is 1. The summed E-state index contributed by atoms with van der Waals surface area (Å²) >= 11 is 3.21. The summed E-state index contributed by atoms with van der Waals surface area (Å²) in [7, 11) is 0. The maximum absolute atomic E-state index is 13.7. The Balaban J connectivity index is 2.06. The number of fused-ring (bicyclic) bond motifs is 1. The molecule has 1 heterocycles. The SMILES string of the molecule is C[C@@H]1CCC[C@@H]2C1=NN(C(=O)c1ccc(Br)cc1)[C@]2(O)C(F)(F)F. The third kappa shape index (κ3) is 2.56. The molecule has 0 spiro atoms. The molecule has 24 heavy (non-hydrogen) atoms. The summed E-state index contributed by atoms with van der Waals surface area (Å²) in [5.41, 5.74) is -3.00. The first-order valence-electron chi connectivity index (χ1n) is 7.64. The van der Waals surface area contributed by atoms with Crippen LogP contribution in [0.5, 0.6) is 0 Å². The molecule has 130 valence electrons. The standard InChI is InChI=1S/C16H16BrF3N2O2/c1-9-3-2-4-12-13(9)21-22(15(12,24)16(18,19)20)14(23)10-5-7-11(17)8-6-10/h5-9,12,24H,2-4H2,1H3/t9-,12-,15-/m1/s1. The molecule has 2 aliphatic rings. The van der Waals surface area contributed by atoms with Crippen LogP contribution >= 0.6 is 15.9 Å². The molecule has 0 saturated heterocycles. The molecule has 1 aromatic rings. The summed E-state index contributed by atoms with van der Waals surface area (Å²) in [4.78, 5) is 12.6. The second-order valence-corrected chi connectivity index (χ2v) is 7.17. The van der Waals surface area contributed by atoms with E-state index in [0.717, 1.165) is 0 Å². The Hall–Kier alpha value is -1.41. The average Bonchev–Trinajstić information content (AvgIpc) is 2.83. The lowest BCUT2D eigenvalue weighted by molar-refractivity contribution is -0.312. The molecule has 1 aromatic carbocycles. The lowest BCUT2D eigenvalue weighted by atomic mass is 9.75. The van der Waals surface area contributed by atoms with E-state index in [4.69, 9.17) is 0 Å². The van der Waals surface area contributed by atoms with Gasteiger partial charge in [0.05, 0.1) is 5.92 Å². The van der Waals surface area contributed by atoms with Gasteiger partial charge in [-0.2, -0.15) is 23.3 Å². The maximum Gasteiger partial charge on any atom is 0.439 e. The van der Waals surface area contributed by atoms with Gasteiger partial charge in [0.2, 0.25) is 0 Å². The first kappa shape index (κ1) is 17.4. The second kappa shape index (κ2) is 5.84. The van der Waals surface area contributed by atoms with E-state index in [-0.39, 0.29) is 28.6 Å². The third-order valence-corrected chi connectivity index (χ3v) is 5.25. The van der Waals surface area contributed by atoms with Crippen LogP contribution in [0, 0.1) is 11.8 Å². The van der Waals surface area contributed by atoms with Crippen LogP contribution in [-0.4, -0.2) is 33.6 Å². The van der Waals surface area contributed by atoms with E-state index in [1.165, 1.54) is 12.1 Å². The smallest absolute Gasteiger partial charge is 0.362 e. The molecule has 1 aliphatic carbocycles. The van der Waals surface area contributed by atoms with E-state index in [1.54, 1.807) is 19.1 Å². The molecule has 1 saturated carbocycles. The van der Waals surface area contributed by atoms with Gasteiger partial charge in [-0.1, -0.05) is 29.3 Å². The zero-order valence-electron chi connectivity index (χ0n) is 12.8. The highest BCUT2D eigenvalue weighted by atomic mass is 79.9. The molecule has 1 fully saturated rings. The lowest BCUT2D eigenvalue weighted by Gasteiger charge is -2.39. The number of carbonyl (C=O) groups is 1. The summed E-state index contributed by atoms with van der Waals surface area (Å²) in [5.74, 6) is -2.36. The molecule has 8 heteroatoms. The van der Waals surface area contributed by atoms with Crippen LogP contribution in [0.25, 0.3) is 0 Å². The zero-order valence-corrected chi connectivity index (χ0v) is 14.4. The largest absolute Gasteiger partial charge is 0.439 e. The number of amides is 1. The fraction of sp³-hybridized carbons (Fsp3) is 0.500. The molecule has 0 aromatic heterocycles. The highest BCUT2D eigenvalue weighted by molar-refractivity contribution is 9.10. The minimum Gasteiger partial charge on any atom is -0.362 e. The molecule has 1 N–H and O–H groups in total. The number of hydrogen-bond donors (Lipinski definition) is 1. The number of alkyl halides is 3. The molecule has 3 atom stereocenters. The lowest BCUT2D eigenvalue weighted by Crippen LogP contribution is -2.61. The first-order valence-corrected chi connectivity index (χ1v) is 8.43. The number of carbonyl (C=O) groups excluding carboxylic acids is 1. The number of hydrogen-bond acceptors (Lipinski definition) is 3. The number of nitrogens with zero attached hydrogens (tertiary/aromatic N) is 2. The molecule has 0 bridgehead atoms. The monoisotopic (exact) mass is 404 g/mol. The van der Waals surface area contributed by atoms with Crippen molar-refractivity contribution >= 4 is 27.5 Å². The summed E-state index contributed by atoms with van der Waals surface area (Å²) in [5, 5.41) is 14.7. The normalized spacial score (nSPS) is 30.1. The summed E-state index contributed by atoms with van der Waals surface area (Å²) < 4.78 is 41.8. The van der Waals surface area contributed by atoms with Gasteiger partial charge < -0.3 is 5.11 Å². The Morgan fingerprint density at radius 1 is 1.33 bits per heavy atom. The highest BCUT2D eigenvalue weighted by Crippen LogP contribution is 2.49. The van der Waals surface area contributed by atoms with Crippen LogP contribution in [0.3, 0.4) is 0 Å². The number of aliphatic hydroxyl groups is 1. The van der Waals surface area contributed by atoms with Crippen molar-refractivity contribution in [2.45, 2.75) is 38.1 Å². The van der Waals surface area contributed by atoms with Crippen LogP contribution in [0.15, 0.2) is 33.8 Å². The van der Waals surface area contributed by atoms with E-state index in [2.05, 4.69) is 21.0 Å². The Labute approximate surface area is 145 Å². The van der Waals surface area contributed by atoms with E-state index in [1.807, 2.05) is 0 Å². The highest BCUT2D eigenvalue weighted by Gasteiger charge is 2.69. The Morgan fingerprint density at radius 3 is 2.54 bits per heavy atom. The Kier molecular flexibility index (Phi) is 4.24. The van der Waals surface area contributed by atoms with Crippen LogP contribution in [0.1, 0.15) is 36.5 Å². The molecule has 0 unspecified atom stereocenters. The van der Waals surface area contributed by atoms with Crippen molar-refractivity contribution in [3.63, 3.8) is 0 Å². The van der Waals surface area contributed by atoms with Crippen LogP contribution < -0.4 is 0 Å². The second-order valence-electron chi connectivity index (χ2n) is 6.26. The quantitative estimate of drug-likeness (QED) is 0.770. The van der Waals surface area contributed by atoms with Crippen molar-refractivity contribution in [2.24, 2.45) is 16.9 Å². The summed E-state index contributed by atoms with van der Waals surface area (Å²) in [6.45, 7) is 1.77. The maximum atomic E-state index is 13.7. The van der Waals surface area contributed by atoms with Crippen molar-refractivity contribution in [2.75, 3.05) is 0 Å². The molecule has 4 nitrogen and oxygen atoms in total. The van der Waals surface area contributed by atoms with Gasteiger partial charge in [0, 0.05) is 15.7 Å². The van der Waals surface area contributed by atoms with Gasteiger partial charge in [-0.05, 0) is 43.0 Å². The molecular formula is C16H16BrF3N2O2. The van der Waals surface area contributed by atoms with Gasteiger partial charge in [0.1, 0.15) is 0 Å². The van der Waals surface area contributed by atoms with Crippen LogP contribution in [0.2, 0.25) is 0 Å². The van der Waals surface area contributed by atoms with Crippen molar-refractivity contribution < 1.29 is 23.1 Å². The number of hydrazone groups is 1. The average molecular weight is 405 g/mol. The molecule has 3 rings (SSSR count). The van der Waals surface area contributed by atoms with Crippen LogP contribution in [-0.2, 0) is 0 Å².